The molecule has 0 aliphatic carbocycles. The zero-order valence-electron chi connectivity index (χ0n) is 15.1. The van der Waals surface area contributed by atoms with E-state index in [0.29, 0.717) is 28.3 Å². The number of pyridine rings is 1. The number of aromatic nitrogens is 1. The highest BCUT2D eigenvalue weighted by Crippen LogP contribution is 2.28. The molecule has 1 saturated heterocycles. The van der Waals surface area contributed by atoms with Gasteiger partial charge in [-0.3, -0.25) is 19.9 Å². The van der Waals surface area contributed by atoms with E-state index < -0.39 is 17.7 Å². The lowest BCUT2D eigenvalue weighted by Gasteiger charge is -2.08. The average molecular weight is 382 g/mol. The van der Waals surface area contributed by atoms with Gasteiger partial charge in [-0.1, -0.05) is 18.2 Å². The second-order valence-electron chi connectivity index (χ2n) is 6.24. The van der Waals surface area contributed by atoms with Crippen LogP contribution >= 0.6 is 0 Å². The fourth-order valence-corrected chi connectivity index (χ4v) is 2.98. The molecule has 2 aromatic carbocycles. The Hall–Kier alpha value is -4.31. The van der Waals surface area contributed by atoms with Gasteiger partial charge in [0, 0.05) is 12.4 Å². The van der Waals surface area contributed by atoms with E-state index in [1.54, 1.807) is 73.1 Å². The number of nitrogens with one attached hydrogen (secondary N) is 1. The van der Waals surface area contributed by atoms with Gasteiger partial charge in [-0.15, -0.1) is 0 Å². The van der Waals surface area contributed by atoms with Crippen molar-refractivity contribution in [2.75, 3.05) is 0 Å². The molecule has 7 nitrogen and oxygen atoms in total. The first kappa shape index (κ1) is 18.1. The lowest BCUT2D eigenvalue weighted by atomic mass is 9.97. The lowest BCUT2D eigenvalue weighted by Crippen LogP contribution is -2.22. The number of nitrogens with zero attached hydrogens (tertiary/aromatic N) is 3. The Morgan fingerprint density at radius 2 is 1.83 bits per heavy atom. The maximum Gasteiger partial charge on any atom is 0.273 e. The fourth-order valence-electron chi connectivity index (χ4n) is 2.98. The molecule has 4 rings (SSSR count). The summed E-state index contributed by atoms with van der Waals surface area (Å²) in [7, 11) is 0. The van der Waals surface area contributed by atoms with Gasteiger partial charge in [0.25, 0.3) is 5.91 Å². The minimum Gasteiger partial charge on any atom is -0.456 e. The topological polar surface area (TPSA) is 104 Å². The molecule has 0 bridgehead atoms. The van der Waals surface area contributed by atoms with Gasteiger partial charge in [0.05, 0.1) is 11.3 Å². The van der Waals surface area contributed by atoms with Crippen molar-refractivity contribution in [3.05, 3.63) is 84.2 Å². The van der Waals surface area contributed by atoms with E-state index in [2.05, 4.69) is 21.4 Å². The van der Waals surface area contributed by atoms with Crippen LogP contribution in [-0.4, -0.2) is 22.5 Å². The second-order valence-corrected chi connectivity index (χ2v) is 6.24. The number of hydrogen-bond acceptors (Lipinski definition) is 6. The van der Waals surface area contributed by atoms with Crippen LogP contribution in [0.4, 0.5) is 5.69 Å². The summed E-state index contributed by atoms with van der Waals surface area (Å²) >= 11 is 0. The molecule has 1 unspecified atom stereocenters. The highest BCUT2D eigenvalue weighted by molar-refractivity contribution is 6.52. The molecule has 29 heavy (non-hydrogen) atoms. The molecule has 1 aliphatic heterocycles. The van der Waals surface area contributed by atoms with Crippen molar-refractivity contribution < 1.29 is 14.3 Å². The molecule has 2 amide bonds. The Bertz CT molecular complexity index is 1150. The maximum atomic E-state index is 12.2. The molecule has 0 radical (unpaired) electrons. The van der Waals surface area contributed by atoms with Crippen molar-refractivity contribution in [3.63, 3.8) is 0 Å². The summed E-state index contributed by atoms with van der Waals surface area (Å²) in [6.07, 6.45) is 3.14. The summed E-state index contributed by atoms with van der Waals surface area (Å²) in [6.45, 7) is 0. The number of rotatable bonds is 4. The van der Waals surface area contributed by atoms with Crippen LogP contribution in [0.25, 0.3) is 0 Å². The van der Waals surface area contributed by atoms with E-state index in [-0.39, 0.29) is 5.71 Å². The predicted octanol–water partition coefficient (Wildman–Crippen LogP) is 3.26. The van der Waals surface area contributed by atoms with Crippen molar-refractivity contribution in [2.24, 2.45) is 4.99 Å². The summed E-state index contributed by atoms with van der Waals surface area (Å²) in [4.78, 5) is 32.8. The van der Waals surface area contributed by atoms with Crippen molar-refractivity contribution >= 4 is 23.2 Å². The zero-order valence-corrected chi connectivity index (χ0v) is 15.1. The van der Waals surface area contributed by atoms with Crippen molar-refractivity contribution in [3.8, 4) is 17.6 Å². The first-order valence-electron chi connectivity index (χ1n) is 8.76. The molecule has 2 heterocycles. The normalized spacial score (nSPS) is 17.1. The van der Waals surface area contributed by atoms with Gasteiger partial charge in [-0.2, -0.15) is 5.26 Å². The van der Waals surface area contributed by atoms with Crippen LogP contribution in [0.15, 0.2) is 78.0 Å². The molecule has 1 fully saturated rings. The maximum absolute atomic E-state index is 12.2. The average Bonchev–Trinajstić information content (AvgIpc) is 3.03. The largest absolute Gasteiger partial charge is 0.456 e. The zero-order chi connectivity index (χ0) is 20.2. The number of carbonyl (C=O) groups excluding carboxylic acids is 2. The first-order chi connectivity index (χ1) is 14.2. The first-order valence-corrected chi connectivity index (χ1v) is 8.76. The van der Waals surface area contributed by atoms with E-state index in [9.17, 15) is 9.59 Å². The van der Waals surface area contributed by atoms with Crippen molar-refractivity contribution in [1.29, 1.82) is 5.26 Å². The van der Waals surface area contributed by atoms with E-state index in [0.717, 1.165) is 0 Å². The molecule has 1 aliphatic rings. The third-order valence-electron chi connectivity index (χ3n) is 4.34. The molecule has 0 saturated carbocycles. The Morgan fingerprint density at radius 1 is 1.03 bits per heavy atom. The highest BCUT2D eigenvalue weighted by Gasteiger charge is 2.39. The van der Waals surface area contributed by atoms with Gasteiger partial charge in [0.15, 0.2) is 0 Å². The van der Waals surface area contributed by atoms with Gasteiger partial charge in [-0.05, 0) is 48.0 Å². The van der Waals surface area contributed by atoms with Crippen molar-refractivity contribution in [2.45, 2.75) is 5.92 Å². The number of imide groups is 1. The van der Waals surface area contributed by atoms with Gasteiger partial charge in [0.2, 0.25) is 5.91 Å². The van der Waals surface area contributed by atoms with Gasteiger partial charge < -0.3 is 4.74 Å². The quantitative estimate of drug-likeness (QED) is 0.698. The number of ether oxygens (including phenoxy) is 1. The number of para-hydroxylation sites is 1. The molecule has 1 atom stereocenters. The molecule has 7 heteroatoms. The Kier molecular flexibility index (Phi) is 4.82. The third-order valence-corrected chi connectivity index (χ3v) is 4.34. The number of hydrogen-bond donors (Lipinski definition) is 1. The van der Waals surface area contributed by atoms with Crippen LogP contribution < -0.4 is 10.1 Å². The fraction of sp³-hybridized carbons (Fsp3) is 0.0455. The number of carbonyl (C=O) groups is 2. The summed E-state index contributed by atoms with van der Waals surface area (Å²) in [6, 6.07) is 19.1. The van der Waals surface area contributed by atoms with Gasteiger partial charge in [-0.25, -0.2) is 4.99 Å². The second kappa shape index (κ2) is 7.74. The molecular formula is C22H14N4O3. The summed E-state index contributed by atoms with van der Waals surface area (Å²) in [5, 5.41) is 11.4. The van der Waals surface area contributed by atoms with Crippen LogP contribution in [0.3, 0.4) is 0 Å². The van der Waals surface area contributed by atoms with Crippen LogP contribution in [0.1, 0.15) is 17.0 Å². The number of amides is 2. The lowest BCUT2D eigenvalue weighted by molar-refractivity contribution is -0.124. The number of aliphatic imine (C=N–C) groups is 1. The number of nitriles is 1. The SMILES string of the molecule is N#Cc1ccccc1Oc1ccc(N=C2C(=O)NC(=O)C2c2cccnc2)cc1. The van der Waals surface area contributed by atoms with Crippen LogP contribution in [0, 0.1) is 11.3 Å². The molecule has 1 N–H and O–H groups in total. The van der Waals surface area contributed by atoms with Crippen LogP contribution in [-0.2, 0) is 9.59 Å². The van der Waals surface area contributed by atoms with Crippen molar-refractivity contribution in [1.82, 2.24) is 10.3 Å². The molecule has 1 aromatic heterocycles. The predicted molar refractivity (Wildman–Crippen MR) is 105 cm³/mol. The minimum absolute atomic E-state index is 0.117. The summed E-state index contributed by atoms with van der Waals surface area (Å²) < 4.78 is 5.74. The van der Waals surface area contributed by atoms with Crippen LogP contribution in [0.5, 0.6) is 11.5 Å². The summed E-state index contributed by atoms with van der Waals surface area (Å²) in [5.41, 5.74) is 1.64. The molecule has 0 spiro atoms. The Labute approximate surface area is 166 Å². The highest BCUT2D eigenvalue weighted by atomic mass is 16.5. The smallest absolute Gasteiger partial charge is 0.273 e. The van der Waals surface area contributed by atoms with Gasteiger partial charge in [0.1, 0.15) is 29.2 Å². The molecule has 3 aromatic rings. The minimum atomic E-state index is -0.797. The molecule has 140 valence electrons. The summed E-state index contributed by atoms with van der Waals surface area (Å²) in [5.74, 6) is -0.768. The standard InChI is InChI=1S/C22H14N4O3/c23-12-14-4-1-2-6-18(14)29-17-9-7-16(8-10-17)25-20-19(21(27)26-22(20)28)15-5-3-11-24-13-15/h1-11,13,19H,(H,26,27,28). The van der Waals surface area contributed by atoms with E-state index >= 15 is 0 Å². The number of benzene rings is 2. The van der Waals surface area contributed by atoms with Crippen LogP contribution in [0.2, 0.25) is 0 Å². The van der Waals surface area contributed by atoms with E-state index in [1.807, 2.05) is 0 Å². The molecular weight excluding hydrogens is 368 g/mol. The van der Waals surface area contributed by atoms with E-state index in [4.69, 9.17) is 10.00 Å². The Morgan fingerprint density at radius 3 is 2.55 bits per heavy atom. The van der Waals surface area contributed by atoms with Gasteiger partial charge >= 0.3 is 0 Å². The third kappa shape index (κ3) is 3.73. The monoisotopic (exact) mass is 382 g/mol. The van der Waals surface area contributed by atoms with E-state index in [1.165, 1.54) is 0 Å². The Balaban J connectivity index is 1.60.